The van der Waals surface area contributed by atoms with E-state index in [1.807, 2.05) is 74.4 Å². The standard InChI is InChI=1S/C19H20FN3O.C18H15F3N2O.C18H17FN2O.C18H18N2O.C17H15FN2O/c1-23(2)18-8-14(7-16(20)10-18)3-4-15-9-19(12-21-11-15)24-13-17-5-6-22-17;19-18(20,21)15-3-1-2-13(8-15)4-5-14-9-17(11-22-10-14)24-12-16-6-7-23-16;1-13-6-14(8-16(19)7-13)2-3-15-9-18(11-20-10-15)22-12-17-4-5-21-17;1-14-3-2-4-15(9-14)5-6-16-10-18(12-19-11-16)21-13-17-7-8-20-17;18-17-4-2-1-3-14(17)6-5-13-9-16(11-19-10-13)21-12-15-7-8-20-15/h7-12,17,22H,5-6,13H2,1-2H3;1-3,8-11,16,23H,6-7,12H2;6-11,17,21H,4-5,12H2,1H3;2-4,9-12,17,20H,7-8,13H2,1H3;1-4,9-11,15,20H,7-8,12H2/t17-;16-;2*17-;15-/m00000/s1. The molecule has 0 spiro atoms. The van der Waals surface area contributed by atoms with Crippen LogP contribution in [0.25, 0.3) is 0 Å². The van der Waals surface area contributed by atoms with Crippen molar-refractivity contribution in [3.05, 3.63) is 291 Å². The van der Waals surface area contributed by atoms with Gasteiger partial charge < -0.3 is 55.2 Å². The molecular weight excluding hydrogens is 1430 g/mol. The minimum Gasteiger partial charge on any atom is -0.490 e. The average Bonchev–Trinajstić information content (AvgIpc) is 0.838. The molecule has 16 nitrogen and oxygen atoms in total. The molecule has 5 aromatic heterocycles. The number of hydrogen-bond acceptors (Lipinski definition) is 16. The van der Waals surface area contributed by atoms with E-state index < -0.39 is 11.7 Å². The van der Waals surface area contributed by atoms with Crippen LogP contribution in [0.5, 0.6) is 28.7 Å². The predicted octanol–water partition coefficient (Wildman–Crippen LogP) is 13.2. The first-order valence-corrected chi connectivity index (χ1v) is 36.8. The third-order valence-electron chi connectivity index (χ3n) is 17.7. The Kier molecular flexibility index (Phi) is 30.0. The molecule has 572 valence electrons. The van der Waals surface area contributed by atoms with Gasteiger partial charge in [0.05, 0.1) is 42.1 Å². The van der Waals surface area contributed by atoms with Crippen molar-refractivity contribution in [2.75, 3.05) is 84.8 Å². The van der Waals surface area contributed by atoms with E-state index in [0.29, 0.717) is 120 Å². The van der Waals surface area contributed by atoms with Crippen LogP contribution >= 0.6 is 0 Å². The number of benzene rings is 5. The Hall–Kier alpha value is -12.2. The summed E-state index contributed by atoms with van der Waals surface area (Å²) < 4.78 is 107. The van der Waals surface area contributed by atoms with Crippen LogP contribution in [-0.4, -0.2) is 135 Å². The summed E-state index contributed by atoms with van der Waals surface area (Å²) in [7, 11) is 3.74. The molecule has 0 aliphatic carbocycles. The van der Waals surface area contributed by atoms with Crippen molar-refractivity contribution in [2.24, 2.45) is 0 Å². The van der Waals surface area contributed by atoms with E-state index in [9.17, 15) is 26.3 Å². The highest BCUT2D eigenvalue weighted by atomic mass is 19.4. The third kappa shape index (κ3) is 27.4. The number of halogens is 6. The first-order valence-electron chi connectivity index (χ1n) is 36.8. The molecule has 5 saturated heterocycles. The van der Waals surface area contributed by atoms with Gasteiger partial charge in [-0.2, -0.15) is 13.2 Å². The van der Waals surface area contributed by atoms with Crippen molar-refractivity contribution in [2.45, 2.75) is 82.3 Å². The van der Waals surface area contributed by atoms with Gasteiger partial charge >= 0.3 is 6.18 Å². The first-order chi connectivity index (χ1) is 54.4. The van der Waals surface area contributed by atoms with Gasteiger partial charge in [-0.15, -0.1) is 0 Å². The van der Waals surface area contributed by atoms with Gasteiger partial charge in [-0.25, -0.2) is 13.2 Å². The second-order valence-electron chi connectivity index (χ2n) is 27.1. The van der Waals surface area contributed by atoms with E-state index in [1.165, 1.54) is 54.4 Å². The normalized spacial score (nSPS) is 16.4. The molecule has 15 rings (SSSR count). The molecule has 5 aliphatic rings. The van der Waals surface area contributed by atoms with Crippen LogP contribution in [0, 0.1) is 90.5 Å². The maximum atomic E-state index is 13.7. The number of pyridine rings is 5. The van der Waals surface area contributed by atoms with E-state index in [1.54, 1.807) is 86.2 Å². The molecule has 0 unspecified atom stereocenters. The number of nitrogens with zero attached hydrogens (tertiary/aromatic N) is 6. The van der Waals surface area contributed by atoms with Crippen molar-refractivity contribution in [1.82, 2.24) is 51.5 Å². The summed E-state index contributed by atoms with van der Waals surface area (Å²) in [5.41, 5.74) is 8.77. The Morgan fingerprint density at radius 2 is 0.679 bits per heavy atom. The molecule has 5 aliphatic heterocycles. The van der Waals surface area contributed by atoms with Crippen LogP contribution in [-0.2, 0) is 6.18 Å². The first kappa shape index (κ1) is 80.8. The summed E-state index contributed by atoms with van der Waals surface area (Å²) >= 11 is 0. The van der Waals surface area contributed by atoms with Crippen molar-refractivity contribution in [1.29, 1.82) is 0 Å². The molecule has 0 saturated carbocycles. The quantitative estimate of drug-likeness (QED) is 0.0456. The summed E-state index contributed by atoms with van der Waals surface area (Å²) in [6.45, 7) is 12.3. The predicted molar refractivity (Wildman–Crippen MR) is 421 cm³/mol. The number of hydrogen-bond donors (Lipinski definition) is 5. The lowest BCUT2D eigenvalue weighted by atomic mass is 10.1. The van der Waals surface area contributed by atoms with Crippen molar-refractivity contribution in [3.63, 3.8) is 0 Å². The van der Waals surface area contributed by atoms with Gasteiger partial charge in [-0.05, 0) is 199 Å². The maximum absolute atomic E-state index is 13.7. The van der Waals surface area contributed by atoms with Crippen LogP contribution in [0.2, 0.25) is 0 Å². The van der Waals surface area contributed by atoms with Crippen molar-refractivity contribution < 1.29 is 50.0 Å². The van der Waals surface area contributed by atoms with Gasteiger partial charge in [0.1, 0.15) is 79.2 Å². The molecular formula is C90H85F6N11O5. The van der Waals surface area contributed by atoms with Crippen LogP contribution in [0.3, 0.4) is 0 Å². The van der Waals surface area contributed by atoms with E-state index in [-0.39, 0.29) is 17.5 Å². The van der Waals surface area contributed by atoms with Gasteiger partial charge in [-0.3, -0.25) is 24.9 Å². The Labute approximate surface area is 650 Å². The van der Waals surface area contributed by atoms with Gasteiger partial charge in [-0.1, -0.05) is 89.5 Å². The lowest BCUT2D eigenvalue weighted by Crippen LogP contribution is -2.46. The molecule has 112 heavy (non-hydrogen) atoms. The molecule has 5 aromatic carbocycles. The Morgan fingerprint density at radius 3 is 1.03 bits per heavy atom. The smallest absolute Gasteiger partial charge is 0.416 e. The van der Waals surface area contributed by atoms with Gasteiger partial charge in [0.2, 0.25) is 0 Å². The fraction of sp³-hybridized carbons (Fsp3) is 0.278. The lowest BCUT2D eigenvalue weighted by Gasteiger charge is -2.27. The van der Waals surface area contributed by atoms with Gasteiger partial charge in [0.25, 0.3) is 0 Å². The van der Waals surface area contributed by atoms with E-state index >= 15 is 0 Å². The number of rotatable bonds is 16. The molecule has 0 bridgehead atoms. The van der Waals surface area contributed by atoms with E-state index in [2.05, 4.69) is 130 Å². The monoisotopic (exact) mass is 1510 g/mol. The molecule has 0 amide bonds. The minimum atomic E-state index is -4.37. The van der Waals surface area contributed by atoms with E-state index in [0.717, 1.165) is 110 Å². The van der Waals surface area contributed by atoms with Gasteiger partial charge in [0, 0.05) is 131 Å². The minimum absolute atomic E-state index is 0.271. The van der Waals surface area contributed by atoms with Crippen LogP contribution < -0.4 is 55.2 Å². The van der Waals surface area contributed by atoms with Crippen molar-refractivity contribution in [3.8, 4) is 88.0 Å². The molecule has 5 N–H and O–H groups in total. The SMILES string of the molecule is CN(C)c1cc(F)cc(C#Cc2cncc(OC[C@@H]3CCN3)c2)c1.Cc1cc(F)cc(C#Cc2cncc(OC[C@@H]3CCN3)c2)c1.Cc1cccc(C#Cc2cncc(OC[C@@H]3CCN3)c2)c1.FC(F)(F)c1cccc(C#Cc2cncc(OC[C@@H]3CCN3)c2)c1.Fc1ccccc1C#Cc1cncc(OC[C@@H]2CCN2)c1. The molecule has 22 heteroatoms. The zero-order chi connectivity index (χ0) is 78.3. The second-order valence-corrected chi connectivity index (χ2v) is 27.1. The summed E-state index contributed by atoms with van der Waals surface area (Å²) in [4.78, 5) is 22.5. The van der Waals surface area contributed by atoms with Crippen LogP contribution in [0.15, 0.2) is 201 Å². The molecule has 5 fully saturated rings. The van der Waals surface area contributed by atoms with Gasteiger partial charge in [0.15, 0.2) is 0 Å². The maximum Gasteiger partial charge on any atom is 0.416 e. The zero-order valence-electron chi connectivity index (χ0n) is 62.5. The zero-order valence-corrected chi connectivity index (χ0v) is 62.5. The molecule has 0 radical (unpaired) electrons. The Balaban J connectivity index is 0.000000139. The fourth-order valence-electron chi connectivity index (χ4n) is 10.8. The fourth-order valence-corrected chi connectivity index (χ4v) is 10.8. The average molecular weight is 1510 g/mol. The number of anilines is 1. The third-order valence-corrected chi connectivity index (χ3v) is 17.7. The van der Waals surface area contributed by atoms with Crippen LogP contribution in [0.1, 0.15) is 104 Å². The topological polar surface area (TPSA) is 174 Å². The number of aromatic nitrogens is 5. The van der Waals surface area contributed by atoms with E-state index in [4.69, 9.17) is 23.7 Å². The number of alkyl halides is 3. The molecule has 5 atom stereocenters. The highest BCUT2D eigenvalue weighted by Crippen LogP contribution is 2.30. The summed E-state index contributed by atoms with van der Waals surface area (Å²) in [5.74, 6) is 32.1. The highest BCUT2D eigenvalue weighted by molar-refractivity contribution is 5.54. The number of ether oxygens (including phenoxy) is 5. The van der Waals surface area contributed by atoms with Crippen LogP contribution in [0.4, 0.5) is 32.0 Å². The summed E-state index contributed by atoms with van der Waals surface area (Å²) in [5, 5.41) is 16.4. The highest BCUT2D eigenvalue weighted by Gasteiger charge is 2.30. The number of aryl methyl sites for hydroxylation is 2. The Bertz CT molecular complexity index is 5100. The lowest BCUT2D eigenvalue weighted by molar-refractivity contribution is -0.137. The van der Waals surface area contributed by atoms with Crippen molar-refractivity contribution >= 4 is 5.69 Å². The summed E-state index contributed by atoms with van der Waals surface area (Å²) in [6, 6.07) is 40.4. The summed E-state index contributed by atoms with van der Waals surface area (Å²) in [6.07, 6.45) is 18.0. The largest absolute Gasteiger partial charge is 0.490 e. The number of nitrogens with one attached hydrogen (secondary N) is 5. The Morgan fingerprint density at radius 1 is 0.348 bits per heavy atom. The second kappa shape index (κ2) is 41.6. The molecule has 10 heterocycles. The molecule has 10 aromatic rings.